The maximum absolute atomic E-state index is 12.0. The van der Waals surface area contributed by atoms with Crippen molar-refractivity contribution in [2.75, 3.05) is 5.32 Å². The molecule has 0 atom stereocenters. The van der Waals surface area contributed by atoms with Crippen LogP contribution in [0, 0.1) is 17.0 Å². The van der Waals surface area contributed by atoms with Gasteiger partial charge >= 0.3 is 0 Å². The summed E-state index contributed by atoms with van der Waals surface area (Å²) in [5, 5.41) is 13.5. The van der Waals surface area contributed by atoms with E-state index in [0.717, 1.165) is 11.1 Å². The van der Waals surface area contributed by atoms with E-state index in [-0.39, 0.29) is 18.0 Å². The number of amides is 1. The van der Waals surface area contributed by atoms with Gasteiger partial charge in [-0.15, -0.1) is 0 Å². The lowest BCUT2D eigenvalue weighted by molar-refractivity contribution is -0.384. The van der Waals surface area contributed by atoms with E-state index in [0.29, 0.717) is 17.1 Å². The third kappa shape index (κ3) is 2.71. The number of nitro groups is 1. The maximum Gasteiger partial charge on any atom is 0.271 e. The van der Waals surface area contributed by atoms with Gasteiger partial charge in [-0.25, -0.2) is 0 Å². The average Bonchev–Trinajstić information content (AvgIpc) is 2.65. The van der Waals surface area contributed by atoms with Gasteiger partial charge in [-0.3, -0.25) is 19.9 Å². The van der Waals surface area contributed by atoms with Crippen molar-refractivity contribution in [3.63, 3.8) is 0 Å². The van der Waals surface area contributed by atoms with Crippen molar-refractivity contribution in [3.8, 4) is 0 Å². The molecule has 2 aromatic carbocycles. The Kier molecular flexibility index (Phi) is 3.42. The Morgan fingerprint density at radius 1 is 1.18 bits per heavy atom. The first kappa shape index (κ1) is 13.9. The highest BCUT2D eigenvalue weighted by molar-refractivity contribution is 6.17. The van der Waals surface area contributed by atoms with E-state index >= 15 is 0 Å². The molecule has 0 radical (unpaired) electrons. The van der Waals surface area contributed by atoms with Gasteiger partial charge in [0.15, 0.2) is 0 Å². The molecule has 1 N–H and O–H groups in total. The van der Waals surface area contributed by atoms with E-state index in [1.54, 1.807) is 6.07 Å². The van der Waals surface area contributed by atoms with Crippen LogP contribution in [0.1, 0.15) is 17.5 Å². The molecule has 0 saturated heterocycles. The molecule has 0 unspecified atom stereocenters. The average molecular weight is 295 g/mol. The molecule has 6 heteroatoms. The zero-order valence-corrected chi connectivity index (χ0v) is 11.9. The Morgan fingerprint density at radius 2 is 1.91 bits per heavy atom. The molecule has 0 aromatic heterocycles. The minimum Gasteiger partial charge on any atom is -0.324 e. The molecule has 1 aliphatic heterocycles. The van der Waals surface area contributed by atoms with E-state index in [1.807, 2.05) is 31.2 Å². The van der Waals surface area contributed by atoms with Crippen LogP contribution >= 0.6 is 0 Å². The summed E-state index contributed by atoms with van der Waals surface area (Å²) in [6.07, 6.45) is 0.130. The van der Waals surface area contributed by atoms with Crippen LogP contribution in [0.2, 0.25) is 0 Å². The van der Waals surface area contributed by atoms with E-state index in [1.165, 1.54) is 12.1 Å². The number of hydrogen-bond acceptors (Lipinski definition) is 4. The first-order valence-corrected chi connectivity index (χ1v) is 6.76. The van der Waals surface area contributed by atoms with Crippen LogP contribution in [0.5, 0.6) is 0 Å². The summed E-state index contributed by atoms with van der Waals surface area (Å²) in [5.41, 5.74) is 3.44. The summed E-state index contributed by atoms with van der Waals surface area (Å²) in [4.78, 5) is 26.8. The van der Waals surface area contributed by atoms with Crippen molar-refractivity contribution < 1.29 is 9.72 Å². The molecule has 0 bridgehead atoms. The number of carbonyl (C=O) groups excluding carboxylic acids is 1. The first-order valence-electron chi connectivity index (χ1n) is 6.76. The highest BCUT2D eigenvalue weighted by Gasteiger charge is 2.19. The lowest BCUT2D eigenvalue weighted by atomic mass is 10.1. The van der Waals surface area contributed by atoms with Crippen LogP contribution in [0.3, 0.4) is 0 Å². The van der Waals surface area contributed by atoms with Crippen LogP contribution in [0.4, 0.5) is 17.1 Å². The molecule has 2 aromatic rings. The number of benzene rings is 2. The molecule has 0 saturated carbocycles. The largest absolute Gasteiger partial charge is 0.324 e. The van der Waals surface area contributed by atoms with Gasteiger partial charge in [0, 0.05) is 12.1 Å². The molecule has 1 heterocycles. The van der Waals surface area contributed by atoms with Gasteiger partial charge < -0.3 is 5.32 Å². The number of nitro benzene ring substituents is 1. The second kappa shape index (κ2) is 5.40. The van der Waals surface area contributed by atoms with Gasteiger partial charge in [-0.05, 0) is 18.6 Å². The lowest BCUT2D eigenvalue weighted by Gasteiger charge is -2.03. The molecule has 0 spiro atoms. The Balaban J connectivity index is 2.07. The normalized spacial score (nSPS) is 13.7. The highest BCUT2D eigenvalue weighted by Crippen LogP contribution is 2.32. The fourth-order valence-electron chi connectivity index (χ4n) is 2.28. The number of aliphatic imine (C=N–C) groups is 1. The Bertz CT molecular complexity index is 795. The standard InChI is InChI=1S/C16H13N3O3/c1-10-2-4-11(5-3-10)14-9-16(20)18-15-8-12(19(21)22)6-7-13(15)17-14/h2-8H,9H2,1H3,(H,18,20). The number of nitrogens with zero attached hydrogens (tertiary/aromatic N) is 2. The van der Waals surface area contributed by atoms with Crippen LogP contribution in [-0.2, 0) is 4.79 Å². The van der Waals surface area contributed by atoms with Crippen molar-refractivity contribution in [2.24, 2.45) is 4.99 Å². The number of non-ortho nitro benzene ring substituents is 1. The summed E-state index contributed by atoms with van der Waals surface area (Å²) >= 11 is 0. The molecule has 0 fully saturated rings. The number of hydrogen-bond donors (Lipinski definition) is 1. The molecule has 110 valence electrons. The molecule has 22 heavy (non-hydrogen) atoms. The summed E-state index contributed by atoms with van der Waals surface area (Å²) in [5.74, 6) is -0.237. The van der Waals surface area contributed by atoms with Crippen LogP contribution < -0.4 is 5.32 Å². The zero-order chi connectivity index (χ0) is 15.7. The van der Waals surface area contributed by atoms with Crippen LogP contribution in [-0.4, -0.2) is 16.5 Å². The van der Waals surface area contributed by atoms with E-state index in [4.69, 9.17) is 0 Å². The Morgan fingerprint density at radius 3 is 2.59 bits per heavy atom. The van der Waals surface area contributed by atoms with Gasteiger partial charge in [0.25, 0.3) is 5.69 Å². The highest BCUT2D eigenvalue weighted by atomic mass is 16.6. The number of fused-ring (bicyclic) bond motifs is 1. The number of nitrogens with one attached hydrogen (secondary N) is 1. The van der Waals surface area contributed by atoms with E-state index < -0.39 is 4.92 Å². The molecule has 6 nitrogen and oxygen atoms in total. The van der Waals surface area contributed by atoms with Gasteiger partial charge in [0.1, 0.15) is 0 Å². The molecule has 1 aliphatic rings. The quantitative estimate of drug-likeness (QED) is 0.681. The van der Waals surface area contributed by atoms with Crippen LogP contribution in [0.25, 0.3) is 0 Å². The van der Waals surface area contributed by atoms with Crippen molar-refractivity contribution >= 4 is 28.7 Å². The molecular weight excluding hydrogens is 282 g/mol. The van der Waals surface area contributed by atoms with Gasteiger partial charge in [-0.1, -0.05) is 29.8 Å². The predicted octanol–water partition coefficient (Wildman–Crippen LogP) is 3.37. The van der Waals surface area contributed by atoms with Crippen molar-refractivity contribution in [1.29, 1.82) is 0 Å². The number of aryl methyl sites for hydroxylation is 1. The number of rotatable bonds is 2. The fourth-order valence-corrected chi connectivity index (χ4v) is 2.28. The monoisotopic (exact) mass is 295 g/mol. The summed E-state index contributed by atoms with van der Waals surface area (Å²) < 4.78 is 0. The topological polar surface area (TPSA) is 84.6 Å². The minimum absolute atomic E-state index is 0.0759. The van der Waals surface area contributed by atoms with Gasteiger partial charge in [0.2, 0.25) is 5.91 Å². The third-order valence-corrected chi connectivity index (χ3v) is 3.43. The predicted molar refractivity (Wildman–Crippen MR) is 83.7 cm³/mol. The first-order chi connectivity index (χ1) is 10.5. The van der Waals surface area contributed by atoms with E-state index in [9.17, 15) is 14.9 Å². The van der Waals surface area contributed by atoms with Gasteiger partial charge in [-0.2, -0.15) is 0 Å². The number of anilines is 1. The van der Waals surface area contributed by atoms with Crippen LogP contribution in [0.15, 0.2) is 47.5 Å². The molecule has 3 rings (SSSR count). The zero-order valence-electron chi connectivity index (χ0n) is 11.9. The summed E-state index contributed by atoms with van der Waals surface area (Å²) in [6, 6.07) is 12.0. The second-order valence-electron chi connectivity index (χ2n) is 5.11. The Labute approximate surface area is 126 Å². The summed E-state index contributed by atoms with van der Waals surface area (Å²) in [7, 11) is 0. The van der Waals surface area contributed by atoms with Crippen molar-refractivity contribution in [3.05, 3.63) is 63.7 Å². The second-order valence-corrected chi connectivity index (χ2v) is 5.11. The number of carbonyl (C=O) groups is 1. The van der Waals surface area contributed by atoms with Crippen molar-refractivity contribution in [1.82, 2.24) is 0 Å². The van der Waals surface area contributed by atoms with E-state index in [2.05, 4.69) is 10.3 Å². The van der Waals surface area contributed by atoms with Gasteiger partial charge in [0.05, 0.1) is 28.4 Å². The minimum atomic E-state index is -0.498. The van der Waals surface area contributed by atoms with Crippen molar-refractivity contribution in [2.45, 2.75) is 13.3 Å². The SMILES string of the molecule is Cc1ccc(C2=Nc3ccc([N+](=O)[O-])cc3NC(=O)C2)cc1. The molecule has 0 aliphatic carbocycles. The maximum atomic E-state index is 12.0. The smallest absolute Gasteiger partial charge is 0.271 e. The Hall–Kier alpha value is -3.02. The molecule has 1 amide bonds. The summed E-state index contributed by atoms with van der Waals surface area (Å²) in [6.45, 7) is 1.99. The lowest BCUT2D eigenvalue weighted by Crippen LogP contribution is -2.15. The molecular formula is C16H13N3O3. The fraction of sp³-hybridized carbons (Fsp3) is 0.125. The third-order valence-electron chi connectivity index (χ3n) is 3.43.